The van der Waals surface area contributed by atoms with E-state index >= 15 is 0 Å². The van der Waals surface area contributed by atoms with Crippen molar-refractivity contribution in [3.8, 4) is 11.1 Å². The van der Waals surface area contributed by atoms with E-state index in [9.17, 15) is 22.8 Å². The molecule has 0 aromatic heterocycles. The molecule has 0 radical (unpaired) electrons. The van der Waals surface area contributed by atoms with Crippen molar-refractivity contribution in [1.29, 1.82) is 0 Å². The Labute approximate surface area is 203 Å². The first-order chi connectivity index (χ1) is 16.6. The van der Waals surface area contributed by atoms with Gasteiger partial charge in [-0.15, -0.1) is 0 Å². The molecular formula is C24H27N3O7S. The molecule has 1 atom stereocenters. The van der Waals surface area contributed by atoms with Gasteiger partial charge in [0, 0.05) is 25.4 Å². The number of hydrogen-bond donors (Lipinski definition) is 3. The molecule has 4 rings (SSSR count). The lowest BCUT2D eigenvalue weighted by molar-refractivity contribution is -0.137. The minimum Gasteiger partial charge on any atom is -0.481 e. The van der Waals surface area contributed by atoms with Gasteiger partial charge in [-0.25, -0.2) is 13.2 Å². The van der Waals surface area contributed by atoms with Gasteiger partial charge in [0.2, 0.25) is 15.9 Å². The first kappa shape index (κ1) is 24.7. The molecule has 1 aliphatic heterocycles. The molecule has 186 valence electrons. The Morgan fingerprint density at radius 3 is 2.17 bits per heavy atom. The highest BCUT2D eigenvalue weighted by molar-refractivity contribution is 7.88. The fourth-order valence-corrected chi connectivity index (χ4v) is 5.32. The Morgan fingerprint density at radius 2 is 1.63 bits per heavy atom. The predicted molar refractivity (Wildman–Crippen MR) is 127 cm³/mol. The van der Waals surface area contributed by atoms with Gasteiger partial charge in [-0.2, -0.15) is 4.31 Å². The number of ether oxygens (including phenoxy) is 1. The van der Waals surface area contributed by atoms with Gasteiger partial charge in [0.1, 0.15) is 12.6 Å². The van der Waals surface area contributed by atoms with Crippen LogP contribution in [0.3, 0.4) is 0 Å². The number of sulfonamides is 1. The smallest absolute Gasteiger partial charge is 0.407 e. The number of hydrogen-bond acceptors (Lipinski definition) is 6. The molecule has 35 heavy (non-hydrogen) atoms. The van der Waals surface area contributed by atoms with Crippen LogP contribution in [-0.4, -0.2) is 73.8 Å². The van der Waals surface area contributed by atoms with Gasteiger partial charge < -0.3 is 20.5 Å². The van der Waals surface area contributed by atoms with E-state index in [4.69, 9.17) is 9.84 Å². The summed E-state index contributed by atoms with van der Waals surface area (Å²) in [6, 6.07) is 14.2. The summed E-state index contributed by atoms with van der Waals surface area (Å²) in [5, 5.41) is 14.2. The number of amides is 2. The first-order valence-corrected chi connectivity index (χ1v) is 13.1. The SMILES string of the molecule is CS(=O)(=O)N1CC(NC(=O)C(CCC(=O)O)NC(=O)OCC2c3ccccc3-c3ccccc32)C1. The van der Waals surface area contributed by atoms with Gasteiger partial charge in [0.05, 0.1) is 12.3 Å². The third-order valence-electron chi connectivity index (χ3n) is 6.26. The second-order valence-electron chi connectivity index (χ2n) is 8.74. The number of fused-ring (bicyclic) bond motifs is 3. The monoisotopic (exact) mass is 501 g/mol. The van der Waals surface area contributed by atoms with Crippen LogP contribution in [0.2, 0.25) is 0 Å². The Kier molecular flexibility index (Phi) is 7.08. The summed E-state index contributed by atoms with van der Waals surface area (Å²) in [5.74, 6) is -1.85. The largest absolute Gasteiger partial charge is 0.481 e. The van der Waals surface area contributed by atoms with Crippen molar-refractivity contribution in [2.75, 3.05) is 26.0 Å². The molecule has 1 aliphatic carbocycles. The number of benzene rings is 2. The number of nitrogens with zero attached hydrogens (tertiary/aromatic N) is 1. The first-order valence-electron chi connectivity index (χ1n) is 11.2. The lowest BCUT2D eigenvalue weighted by Gasteiger charge is -2.38. The standard InChI is InChI=1S/C24H27N3O7S/c1-35(32,33)27-12-15(13-27)25-23(30)21(10-11-22(28)29)26-24(31)34-14-20-18-8-4-2-6-16(18)17-7-3-5-9-19(17)20/h2-9,15,20-21H,10-14H2,1H3,(H,25,30)(H,26,31)(H,28,29). The van der Waals surface area contributed by atoms with Crippen molar-refractivity contribution in [2.24, 2.45) is 0 Å². The van der Waals surface area contributed by atoms with Crippen molar-refractivity contribution >= 4 is 28.0 Å². The Bertz CT molecular complexity index is 1200. The summed E-state index contributed by atoms with van der Waals surface area (Å²) < 4.78 is 29.7. The summed E-state index contributed by atoms with van der Waals surface area (Å²) in [6.07, 6.45) is -0.210. The zero-order valence-electron chi connectivity index (χ0n) is 19.1. The van der Waals surface area contributed by atoms with Gasteiger partial charge >= 0.3 is 12.1 Å². The van der Waals surface area contributed by atoms with Crippen molar-refractivity contribution < 1.29 is 32.6 Å². The van der Waals surface area contributed by atoms with Crippen LogP contribution in [0.15, 0.2) is 48.5 Å². The van der Waals surface area contributed by atoms with E-state index < -0.39 is 40.1 Å². The van der Waals surface area contributed by atoms with Crippen molar-refractivity contribution in [3.05, 3.63) is 59.7 Å². The van der Waals surface area contributed by atoms with Crippen LogP contribution in [0.5, 0.6) is 0 Å². The molecule has 1 saturated heterocycles. The molecule has 1 fully saturated rings. The zero-order chi connectivity index (χ0) is 25.2. The molecule has 2 aliphatic rings. The number of carbonyl (C=O) groups excluding carboxylic acids is 2. The normalized spacial score (nSPS) is 16.5. The molecular weight excluding hydrogens is 474 g/mol. The predicted octanol–water partition coefficient (Wildman–Crippen LogP) is 1.52. The number of carboxylic acids is 1. The fraction of sp³-hybridized carbons (Fsp3) is 0.375. The Hall–Kier alpha value is -3.44. The summed E-state index contributed by atoms with van der Waals surface area (Å²) in [4.78, 5) is 36.3. The lowest BCUT2D eigenvalue weighted by Crippen LogP contribution is -2.63. The van der Waals surface area contributed by atoms with Crippen LogP contribution in [0.1, 0.15) is 29.9 Å². The second kappa shape index (κ2) is 10.0. The van der Waals surface area contributed by atoms with Crippen LogP contribution in [-0.2, 0) is 24.3 Å². The van der Waals surface area contributed by atoms with Gasteiger partial charge in [-0.1, -0.05) is 48.5 Å². The molecule has 2 aromatic carbocycles. The second-order valence-corrected chi connectivity index (χ2v) is 10.7. The van der Waals surface area contributed by atoms with E-state index in [1.165, 1.54) is 4.31 Å². The quantitative estimate of drug-likeness (QED) is 0.473. The van der Waals surface area contributed by atoms with E-state index in [0.29, 0.717) is 0 Å². The van der Waals surface area contributed by atoms with Gasteiger partial charge in [-0.05, 0) is 28.7 Å². The minimum atomic E-state index is -3.34. The molecule has 3 N–H and O–H groups in total. The maximum absolute atomic E-state index is 12.7. The molecule has 0 saturated carbocycles. The average Bonchev–Trinajstić information content (AvgIpc) is 3.10. The summed E-state index contributed by atoms with van der Waals surface area (Å²) in [6.45, 7) is 0.307. The van der Waals surface area contributed by atoms with Gasteiger partial charge in [0.15, 0.2) is 0 Å². The topological polar surface area (TPSA) is 142 Å². The van der Waals surface area contributed by atoms with E-state index in [0.717, 1.165) is 28.5 Å². The minimum absolute atomic E-state index is 0.0546. The number of carbonyl (C=O) groups is 3. The van der Waals surface area contributed by atoms with Crippen LogP contribution in [0.25, 0.3) is 11.1 Å². The Morgan fingerprint density at radius 1 is 1.06 bits per heavy atom. The number of alkyl carbamates (subject to hydrolysis) is 1. The molecule has 11 heteroatoms. The summed E-state index contributed by atoms with van der Waals surface area (Å²) >= 11 is 0. The maximum atomic E-state index is 12.7. The van der Waals surface area contributed by atoms with Gasteiger partial charge in [0.25, 0.3) is 0 Å². The Balaban J connectivity index is 1.37. The number of nitrogens with one attached hydrogen (secondary N) is 2. The van der Waals surface area contributed by atoms with Crippen LogP contribution >= 0.6 is 0 Å². The van der Waals surface area contributed by atoms with E-state index in [1.54, 1.807) is 0 Å². The highest BCUT2D eigenvalue weighted by atomic mass is 32.2. The van der Waals surface area contributed by atoms with Gasteiger partial charge in [-0.3, -0.25) is 9.59 Å². The third-order valence-corrected chi connectivity index (χ3v) is 7.50. The molecule has 0 spiro atoms. The summed E-state index contributed by atoms with van der Waals surface area (Å²) in [7, 11) is -3.34. The highest BCUT2D eigenvalue weighted by Gasteiger charge is 2.36. The third kappa shape index (κ3) is 5.63. The molecule has 2 amide bonds. The molecule has 1 heterocycles. The maximum Gasteiger partial charge on any atom is 0.407 e. The van der Waals surface area contributed by atoms with Crippen molar-refractivity contribution in [1.82, 2.24) is 14.9 Å². The van der Waals surface area contributed by atoms with E-state index in [-0.39, 0.29) is 38.5 Å². The van der Waals surface area contributed by atoms with Crippen LogP contribution < -0.4 is 10.6 Å². The zero-order valence-corrected chi connectivity index (χ0v) is 20.0. The molecule has 2 aromatic rings. The average molecular weight is 502 g/mol. The van der Waals surface area contributed by atoms with E-state index in [1.807, 2.05) is 48.5 Å². The molecule has 10 nitrogen and oxygen atoms in total. The molecule has 0 bridgehead atoms. The highest BCUT2D eigenvalue weighted by Crippen LogP contribution is 2.44. The number of rotatable bonds is 9. The van der Waals surface area contributed by atoms with Crippen molar-refractivity contribution in [3.63, 3.8) is 0 Å². The number of aliphatic carboxylic acids is 1. The fourth-order valence-electron chi connectivity index (χ4n) is 4.42. The van der Waals surface area contributed by atoms with Crippen molar-refractivity contribution in [2.45, 2.75) is 30.8 Å². The van der Waals surface area contributed by atoms with Crippen LogP contribution in [0.4, 0.5) is 4.79 Å². The summed E-state index contributed by atoms with van der Waals surface area (Å²) in [5.41, 5.74) is 4.25. The lowest BCUT2D eigenvalue weighted by atomic mass is 9.98. The number of carboxylic acid groups (broad SMARTS) is 1. The van der Waals surface area contributed by atoms with E-state index in [2.05, 4.69) is 10.6 Å². The molecule has 1 unspecified atom stereocenters. The van der Waals surface area contributed by atoms with Crippen LogP contribution in [0, 0.1) is 0 Å².